The number of rotatable bonds is 2. The zero-order valence-corrected chi connectivity index (χ0v) is 8.87. The van der Waals surface area contributed by atoms with Gasteiger partial charge in [-0.25, -0.2) is 4.79 Å². The Bertz CT molecular complexity index is 310. The molecule has 0 saturated heterocycles. The minimum atomic E-state index is -0.999. The molecule has 0 atom stereocenters. The monoisotopic (exact) mass is 197 g/mol. The van der Waals surface area contributed by atoms with Crippen molar-refractivity contribution < 1.29 is 14.6 Å². The highest BCUT2D eigenvalue weighted by atomic mass is 16.5. The average molecular weight is 197 g/mol. The molecule has 0 spiro atoms. The van der Waals surface area contributed by atoms with E-state index in [2.05, 4.69) is 4.98 Å². The minimum absolute atomic E-state index is 0.137. The summed E-state index contributed by atoms with van der Waals surface area (Å²) in [6.45, 7) is 5.75. The molecule has 0 saturated carbocycles. The van der Waals surface area contributed by atoms with E-state index in [4.69, 9.17) is 9.84 Å². The molecule has 1 aromatic rings. The Labute approximate surface area is 83.6 Å². The molecule has 0 aliphatic rings. The van der Waals surface area contributed by atoms with Crippen LogP contribution in [0.3, 0.4) is 0 Å². The third kappa shape index (κ3) is 3.05. The van der Waals surface area contributed by atoms with Crippen LogP contribution in [-0.2, 0) is 0 Å². The molecule has 0 aromatic carbocycles. The molecule has 0 aliphatic carbocycles. The Balaban J connectivity index is 0.000000791. The second-order valence-corrected chi connectivity index (χ2v) is 2.32. The summed E-state index contributed by atoms with van der Waals surface area (Å²) in [5.41, 5.74) is 0.819. The highest BCUT2D eigenvalue weighted by Crippen LogP contribution is 2.15. The lowest BCUT2D eigenvalue weighted by Gasteiger charge is -2.03. The maximum Gasteiger partial charge on any atom is 0.337 e. The lowest BCUT2D eigenvalue weighted by molar-refractivity contribution is 0.0696. The third-order valence-electron chi connectivity index (χ3n) is 1.51. The fourth-order valence-corrected chi connectivity index (χ4v) is 0.837. The van der Waals surface area contributed by atoms with Crippen molar-refractivity contribution in [1.29, 1.82) is 0 Å². The van der Waals surface area contributed by atoms with Gasteiger partial charge >= 0.3 is 5.97 Å². The Kier molecular flexibility index (Phi) is 5.29. The van der Waals surface area contributed by atoms with Crippen molar-refractivity contribution >= 4 is 5.97 Å². The van der Waals surface area contributed by atoms with Gasteiger partial charge in [-0.05, 0) is 13.0 Å². The maximum atomic E-state index is 10.5. The van der Waals surface area contributed by atoms with Gasteiger partial charge in [-0.1, -0.05) is 13.8 Å². The molecule has 14 heavy (non-hydrogen) atoms. The first-order valence-electron chi connectivity index (χ1n) is 4.39. The summed E-state index contributed by atoms with van der Waals surface area (Å²) < 4.78 is 4.91. The number of hydrogen-bond donors (Lipinski definition) is 1. The number of ether oxygens (including phenoxy) is 1. The zero-order valence-electron chi connectivity index (χ0n) is 8.87. The van der Waals surface area contributed by atoms with Crippen LogP contribution in [0.2, 0.25) is 0 Å². The van der Waals surface area contributed by atoms with Crippen molar-refractivity contribution in [2.24, 2.45) is 0 Å². The maximum absolute atomic E-state index is 10.5. The molecular weight excluding hydrogens is 182 g/mol. The van der Waals surface area contributed by atoms with E-state index in [1.807, 2.05) is 13.8 Å². The van der Waals surface area contributed by atoms with E-state index in [-0.39, 0.29) is 5.56 Å². The van der Waals surface area contributed by atoms with E-state index >= 15 is 0 Å². The topological polar surface area (TPSA) is 59.4 Å². The van der Waals surface area contributed by atoms with Crippen LogP contribution in [0.1, 0.15) is 29.9 Å². The number of pyridine rings is 1. The molecule has 0 fully saturated rings. The smallest absolute Gasteiger partial charge is 0.337 e. The summed E-state index contributed by atoms with van der Waals surface area (Å²) >= 11 is 0. The van der Waals surface area contributed by atoms with E-state index in [0.29, 0.717) is 11.4 Å². The van der Waals surface area contributed by atoms with Gasteiger partial charge in [0.1, 0.15) is 5.75 Å². The van der Waals surface area contributed by atoms with Gasteiger partial charge < -0.3 is 9.84 Å². The number of methoxy groups -OCH3 is 1. The standard InChI is InChI=1S/C8H9NO3.C2H6/c1-5-7(12-2)3-6(4-9-5)8(10)11;1-2/h3-4H,1-2H3,(H,10,11);1-2H3. The van der Waals surface area contributed by atoms with E-state index < -0.39 is 5.97 Å². The molecule has 0 bridgehead atoms. The van der Waals surface area contributed by atoms with Gasteiger partial charge in [-0.15, -0.1) is 0 Å². The van der Waals surface area contributed by atoms with Crippen LogP contribution < -0.4 is 4.74 Å². The lowest BCUT2D eigenvalue weighted by atomic mass is 10.2. The van der Waals surface area contributed by atoms with Crippen molar-refractivity contribution in [3.8, 4) is 5.75 Å². The highest BCUT2D eigenvalue weighted by Gasteiger charge is 2.06. The number of aromatic nitrogens is 1. The van der Waals surface area contributed by atoms with Gasteiger partial charge in [0.2, 0.25) is 0 Å². The van der Waals surface area contributed by atoms with Crippen LogP contribution in [0.15, 0.2) is 12.3 Å². The molecule has 0 aliphatic heterocycles. The number of hydrogen-bond acceptors (Lipinski definition) is 3. The molecule has 1 heterocycles. The molecule has 4 nitrogen and oxygen atoms in total. The summed E-state index contributed by atoms with van der Waals surface area (Å²) in [6, 6.07) is 1.45. The second-order valence-electron chi connectivity index (χ2n) is 2.32. The van der Waals surface area contributed by atoms with Gasteiger partial charge in [0.15, 0.2) is 0 Å². The molecule has 78 valence electrons. The van der Waals surface area contributed by atoms with Crippen molar-refractivity contribution in [2.75, 3.05) is 7.11 Å². The van der Waals surface area contributed by atoms with Crippen molar-refractivity contribution in [2.45, 2.75) is 20.8 Å². The van der Waals surface area contributed by atoms with Crippen molar-refractivity contribution in [1.82, 2.24) is 4.98 Å². The first-order chi connectivity index (χ1) is 6.65. The Hall–Kier alpha value is -1.58. The van der Waals surface area contributed by atoms with Crippen LogP contribution in [0.5, 0.6) is 5.75 Å². The second kappa shape index (κ2) is 5.96. The fourth-order valence-electron chi connectivity index (χ4n) is 0.837. The molecule has 1 aromatic heterocycles. The fraction of sp³-hybridized carbons (Fsp3) is 0.400. The van der Waals surface area contributed by atoms with E-state index in [9.17, 15) is 4.79 Å². The van der Waals surface area contributed by atoms with Crippen LogP contribution in [-0.4, -0.2) is 23.2 Å². The van der Waals surface area contributed by atoms with Crippen LogP contribution >= 0.6 is 0 Å². The summed E-state index contributed by atoms with van der Waals surface area (Å²) in [4.78, 5) is 14.4. The van der Waals surface area contributed by atoms with E-state index in [0.717, 1.165) is 0 Å². The number of carboxylic acid groups (broad SMARTS) is 1. The van der Waals surface area contributed by atoms with Crippen LogP contribution in [0, 0.1) is 6.92 Å². The number of nitrogens with zero attached hydrogens (tertiary/aromatic N) is 1. The Morgan fingerprint density at radius 2 is 2.07 bits per heavy atom. The van der Waals surface area contributed by atoms with Crippen molar-refractivity contribution in [3.63, 3.8) is 0 Å². The average Bonchev–Trinajstić information content (AvgIpc) is 2.21. The molecular formula is C10H15NO3. The van der Waals surface area contributed by atoms with Crippen molar-refractivity contribution in [3.05, 3.63) is 23.5 Å². The minimum Gasteiger partial charge on any atom is -0.495 e. The number of carboxylic acids is 1. The summed E-state index contributed by atoms with van der Waals surface area (Å²) in [6.07, 6.45) is 1.31. The predicted molar refractivity (Wildman–Crippen MR) is 53.8 cm³/mol. The summed E-state index contributed by atoms with van der Waals surface area (Å²) in [5.74, 6) is -0.504. The first kappa shape index (κ1) is 12.4. The van der Waals surface area contributed by atoms with Gasteiger partial charge in [0, 0.05) is 6.20 Å². The molecule has 4 heteroatoms. The summed E-state index contributed by atoms with van der Waals surface area (Å²) in [7, 11) is 1.48. The van der Waals surface area contributed by atoms with Gasteiger partial charge in [-0.3, -0.25) is 4.98 Å². The normalized spacial score (nSPS) is 8.57. The Morgan fingerprint density at radius 3 is 2.50 bits per heavy atom. The molecule has 1 rings (SSSR count). The zero-order chi connectivity index (χ0) is 11.1. The van der Waals surface area contributed by atoms with E-state index in [1.54, 1.807) is 6.92 Å². The molecule has 0 radical (unpaired) electrons. The SMILES string of the molecule is CC.COc1cc(C(=O)O)cnc1C. The number of aryl methyl sites for hydroxylation is 1. The van der Waals surface area contributed by atoms with E-state index in [1.165, 1.54) is 19.4 Å². The number of carbonyl (C=O) groups is 1. The lowest BCUT2D eigenvalue weighted by Crippen LogP contribution is -1.99. The third-order valence-corrected chi connectivity index (χ3v) is 1.51. The quantitative estimate of drug-likeness (QED) is 0.788. The Morgan fingerprint density at radius 1 is 1.50 bits per heavy atom. The highest BCUT2D eigenvalue weighted by molar-refractivity contribution is 5.87. The van der Waals surface area contributed by atoms with Gasteiger partial charge in [0.05, 0.1) is 18.4 Å². The predicted octanol–water partition coefficient (Wildman–Crippen LogP) is 2.12. The largest absolute Gasteiger partial charge is 0.495 e. The first-order valence-corrected chi connectivity index (χ1v) is 4.39. The van der Waals surface area contributed by atoms with Gasteiger partial charge in [-0.2, -0.15) is 0 Å². The van der Waals surface area contributed by atoms with Crippen LogP contribution in [0.25, 0.3) is 0 Å². The van der Waals surface area contributed by atoms with Crippen LogP contribution in [0.4, 0.5) is 0 Å². The molecule has 0 amide bonds. The molecule has 1 N–H and O–H groups in total. The number of aromatic carboxylic acids is 1. The molecule has 0 unspecified atom stereocenters. The van der Waals surface area contributed by atoms with Gasteiger partial charge in [0.25, 0.3) is 0 Å². The summed E-state index contributed by atoms with van der Waals surface area (Å²) in [5, 5.41) is 8.60.